The molecule has 1 aliphatic heterocycles. The molecule has 2 aromatic carbocycles. The molecule has 0 spiro atoms. The van der Waals surface area contributed by atoms with Crippen molar-refractivity contribution >= 4 is 11.6 Å². The number of benzene rings is 2. The van der Waals surface area contributed by atoms with Gasteiger partial charge in [0.2, 0.25) is 0 Å². The van der Waals surface area contributed by atoms with Crippen LogP contribution in [0.5, 0.6) is 0 Å². The molecule has 1 amide bonds. The average molecular weight is 342 g/mol. The van der Waals surface area contributed by atoms with Gasteiger partial charge in [-0.05, 0) is 29.8 Å². The van der Waals surface area contributed by atoms with Crippen LogP contribution in [0.1, 0.15) is 15.9 Å². The van der Waals surface area contributed by atoms with Crippen molar-refractivity contribution in [2.45, 2.75) is 12.5 Å². The van der Waals surface area contributed by atoms with Gasteiger partial charge in [0.25, 0.3) is 5.91 Å². The zero-order valence-corrected chi connectivity index (χ0v) is 14.6. The minimum Gasteiger partial charge on any atom is -0.377 e. The number of carbonyl (C=O) groups is 1. The number of rotatable bonds is 4. The molecule has 1 aliphatic rings. The molecule has 1 saturated heterocycles. The van der Waals surface area contributed by atoms with Gasteiger partial charge in [-0.3, -0.25) is 4.79 Å². The molecule has 1 atom stereocenters. The molecule has 0 radical (unpaired) electrons. The molecule has 0 unspecified atom stereocenters. The summed E-state index contributed by atoms with van der Waals surface area (Å²) < 4.78 is 19.1. The molecule has 1 heterocycles. The molecule has 1 fully saturated rings. The van der Waals surface area contributed by atoms with Gasteiger partial charge >= 0.3 is 0 Å². The number of nitrogens with zero attached hydrogens (tertiary/aromatic N) is 2. The van der Waals surface area contributed by atoms with Crippen LogP contribution in [0, 0.1) is 5.82 Å². The summed E-state index contributed by atoms with van der Waals surface area (Å²) in [6.45, 7) is 1.58. The van der Waals surface area contributed by atoms with Crippen molar-refractivity contribution in [3.8, 4) is 0 Å². The van der Waals surface area contributed by atoms with Crippen molar-refractivity contribution < 1.29 is 13.9 Å². The van der Waals surface area contributed by atoms with E-state index in [2.05, 4.69) is 0 Å². The summed E-state index contributed by atoms with van der Waals surface area (Å²) in [7, 11) is 3.86. The monoisotopic (exact) mass is 342 g/mol. The second-order valence-corrected chi connectivity index (χ2v) is 6.49. The van der Waals surface area contributed by atoms with Crippen molar-refractivity contribution in [2.24, 2.45) is 0 Å². The van der Waals surface area contributed by atoms with Crippen molar-refractivity contribution in [1.82, 2.24) is 4.90 Å². The molecule has 0 N–H and O–H groups in total. The lowest BCUT2D eigenvalue weighted by Gasteiger charge is -2.34. The minimum atomic E-state index is -0.249. The average Bonchev–Trinajstić information content (AvgIpc) is 2.61. The molecule has 0 aromatic heterocycles. The summed E-state index contributed by atoms with van der Waals surface area (Å²) in [5, 5.41) is 0. The molecular weight excluding hydrogens is 319 g/mol. The van der Waals surface area contributed by atoms with E-state index in [1.54, 1.807) is 6.07 Å². The molecule has 5 heteroatoms. The van der Waals surface area contributed by atoms with Gasteiger partial charge < -0.3 is 14.5 Å². The van der Waals surface area contributed by atoms with Crippen LogP contribution in [0.25, 0.3) is 0 Å². The normalized spacial score (nSPS) is 17.4. The smallest absolute Gasteiger partial charge is 0.256 e. The van der Waals surface area contributed by atoms with E-state index in [-0.39, 0.29) is 17.8 Å². The van der Waals surface area contributed by atoms with Crippen LogP contribution in [-0.2, 0) is 11.2 Å². The summed E-state index contributed by atoms with van der Waals surface area (Å²) in [4.78, 5) is 16.7. The molecule has 2 aromatic rings. The molecule has 0 aliphatic carbocycles. The number of carbonyl (C=O) groups excluding carboxylic acids is 1. The van der Waals surface area contributed by atoms with Crippen molar-refractivity contribution in [2.75, 3.05) is 38.7 Å². The molecule has 4 nitrogen and oxygen atoms in total. The third-order valence-corrected chi connectivity index (χ3v) is 4.39. The Labute approximate surface area is 147 Å². The zero-order valence-electron chi connectivity index (χ0n) is 14.6. The number of amides is 1. The summed E-state index contributed by atoms with van der Waals surface area (Å²) in [6, 6.07) is 14.1. The third-order valence-electron chi connectivity index (χ3n) is 4.39. The number of hydrogen-bond acceptors (Lipinski definition) is 3. The van der Waals surface area contributed by atoms with Gasteiger partial charge in [0.05, 0.1) is 18.3 Å². The standard InChI is InChI=1S/C20H23FN2O2/c1-22(2)19-9-4-3-8-18(19)20(24)23-10-11-25-17(14-23)13-15-6-5-7-16(21)12-15/h3-9,12,17H,10-11,13-14H2,1-2H3/t17-/m0/s1. The van der Waals surface area contributed by atoms with E-state index in [1.165, 1.54) is 12.1 Å². The van der Waals surface area contributed by atoms with Crippen LogP contribution in [-0.4, -0.2) is 50.7 Å². The zero-order chi connectivity index (χ0) is 17.8. The van der Waals surface area contributed by atoms with Gasteiger partial charge in [-0.25, -0.2) is 4.39 Å². The van der Waals surface area contributed by atoms with Crippen LogP contribution in [0.3, 0.4) is 0 Å². The summed E-state index contributed by atoms with van der Waals surface area (Å²) in [5.41, 5.74) is 2.48. The summed E-state index contributed by atoms with van der Waals surface area (Å²) >= 11 is 0. The number of anilines is 1. The first-order valence-electron chi connectivity index (χ1n) is 8.46. The van der Waals surface area contributed by atoms with Crippen molar-refractivity contribution in [3.05, 3.63) is 65.5 Å². The largest absolute Gasteiger partial charge is 0.377 e. The van der Waals surface area contributed by atoms with E-state index >= 15 is 0 Å². The molecule has 25 heavy (non-hydrogen) atoms. The van der Waals surface area contributed by atoms with Crippen LogP contribution in [0.2, 0.25) is 0 Å². The highest BCUT2D eigenvalue weighted by Crippen LogP contribution is 2.22. The summed E-state index contributed by atoms with van der Waals surface area (Å²) in [5.74, 6) is -0.238. The molecule has 0 bridgehead atoms. The van der Waals surface area contributed by atoms with Crippen LogP contribution >= 0.6 is 0 Å². The fourth-order valence-electron chi connectivity index (χ4n) is 3.17. The van der Waals surface area contributed by atoms with Gasteiger partial charge in [0, 0.05) is 39.3 Å². The lowest BCUT2D eigenvalue weighted by atomic mass is 10.1. The molecule has 132 valence electrons. The highest BCUT2D eigenvalue weighted by Gasteiger charge is 2.26. The Morgan fingerprint density at radius 2 is 2.04 bits per heavy atom. The number of para-hydroxylation sites is 1. The highest BCUT2D eigenvalue weighted by atomic mass is 19.1. The van der Waals surface area contributed by atoms with Crippen LogP contribution in [0.15, 0.2) is 48.5 Å². The maximum Gasteiger partial charge on any atom is 0.256 e. The Bertz CT molecular complexity index is 748. The van der Waals surface area contributed by atoms with Gasteiger partial charge in [-0.1, -0.05) is 24.3 Å². The van der Waals surface area contributed by atoms with E-state index < -0.39 is 0 Å². The quantitative estimate of drug-likeness (QED) is 0.856. The Morgan fingerprint density at radius 1 is 1.24 bits per heavy atom. The van der Waals surface area contributed by atoms with Gasteiger partial charge in [-0.15, -0.1) is 0 Å². The van der Waals surface area contributed by atoms with Gasteiger partial charge in [0.15, 0.2) is 0 Å². The Morgan fingerprint density at radius 3 is 2.80 bits per heavy atom. The lowest BCUT2D eigenvalue weighted by molar-refractivity contribution is -0.0208. The highest BCUT2D eigenvalue weighted by molar-refractivity contribution is 5.99. The van der Waals surface area contributed by atoms with Crippen molar-refractivity contribution in [1.29, 1.82) is 0 Å². The number of ether oxygens (including phenoxy) is 1. The van der Waals surface area contributed by atoms with E-state index in [1.807, 2.05) is 54.2 Å². The SMILES string of the molecule is CN(C)c1ccccc1C(=O)N1CCO[C@@H](Cc2cccc(F)c2)C1. The Hall–Kier alpha value is -2.40. The van der Waals surface area contributed by atoms with Crippen LogP contribution in [0.4, 0.5) is 10.1 Å². The fourth-order valence-corrected chi connectivity index (χ4v) is 3.17. The first-order chi connectivity index (χ1) is 12.0. The van der Waals surface area contributed by atoms with E-state index in [9.17, 15) is 9.18 Å². The van der Waals surface area contributed by atoms with Crippen LogP contribution < -0.4 is 4.90 Å². The Balaban J connectivity index is 1.72. The Kier molecular flexibility index (Phi) is 5.34. The predicted octanol–water partition coefficient (Wildman–Crippen LogP) is 2.98. The van der Waals surface area contributed by atoms with E-state index in [0.29, 0.717) is 31.7 Å². The second-order valence-electron chi connectivity index (χ2n) is 6.49. The summed E-state index contributed by atoms with van der Waals surface area (Å²) in [6.07, 6.45) is 0.475. The maximum absolute atomic E-state index is 13.4. The molecular formula is C20H23FN2O2. The lowest BCUT2D eigenvalue weighted by Crippen LogP contribution is -2.46. The van der Waals surface area contributed by atoms with E-state index in [4.69, 9.17) is 4.74 Å². The number of morpholine rings is 1. The van der Waals surface area contributed by atoms with Gasteiger partial charge in [-0.2, -0.15) is 0 Å². The number of hydrogen-bond donors (Lipinski definition) is 0. The third kappa shape index (κ3) is 4.17. The first-order valence-corrected chi connectivity index (χ1v) is 8.46. The first kappa shape index (κ1) is 17.4. The fraction of sp³-hybridized carbons (Fsp3) is 0.350. The molecule has 3 rings (SSSR count). The van der Waals surface area contributed by atoms with Gasteiger partial charge in [0.1, 0.15) is 5.82 Å². The number of halogens is 1. The maximum atomic E-state index is 13.4. The minimum absolute atomic E-state index is 0.0110. The predicted molar refractivity (Wildman–Crippen MR) is 96.5 cm³/mol. The molecule has 0 saturated carbocycles. The van der Waals surface area contributed by atoms with Crippen molar-refractivity contribution in [3.63, 3.8) is 0 Å². The topological polar surface area (TPSA) is 32.8 Å². The second kappa shape index (κ2) is 7.66. The van der Waals surface area contributed by atoms with E-state index in [0.717, 1.165) is 11.3 Å².